The first-order valence-corrected chi connectivity index (χ1v) is 10.2. The van der Waals surface area contributed by atoms with Crippen LogP contribution in [-0.4, -0.2) is 55.1 Å². The fraction of sp³-hybridized carbons (Fsp3) is 0.600. The summed E-state index contributed by atoms with van der Waals surface area (Å²) < 4.78 is 5.28. The number of benzene rings is 1. The van der Waals surface area contributed by atoms with E-state index in [1.807, 2.05) is 0 Å². The number of piperidine rings is 1. The normalized spacial score (nSPS) is 26.5. The molecule has 8 heteroatoms. The monoisotopic (exact) mass is 427 g/mol. The lowest BCUT2D eigenvalue weighted by Gasteiger charge is -2.28. The largest absolute Gasteiger partial charge is 0.378 e. The zero-order valence-corrected chi connectivity index (χ0v) is 17.4. The lowest BCUT2D eigenvalue weighted by molar-refractivity contribution is -0.117. The Bertz CT molecular complexity index is 713. The average molecular weight is 428 g/mol. The summed E-state index contributed by atoms with van der Waals surface area (Å²) in [6, 6.07) is 6.28. The molecule has 2 amide bonds. The van der Waals surface area contributed by atoms with Crippen molar-refractivity contribution in [2.75, 3.05) is 31.6 Å². The van der Waals surface area contributed by atoms with Crippen LogP contribution in [0.15, 0.2) is 18.2 Å². The van der Waals surface area contributed by atoms with E-state index in [0.29, 0.717) is 67.0 Å². The van der Waals surface area contributed by atoms with Crippen molar-refractivity contribution in [1.82, 2.24) is 10.2 Å². The second-order valence-corrected chi connectivity index (χ2v) is 8.23. The quantitative estimate of drug-likeness (QED) is 0.774. The molecule has 154 valence electrons. The van der Waals surface area contributed by atoms with Gasteiger partial charge in [-0.15, -0.1) is 12.4 Å². The molecule has 6 nitrogen and oxygen atoms in total. The number of hydrogen-bond donors (Lipinski definition) is 2. The van der Waals surface area contributed by atoms with Gasteiger partial charge in [-0.1, -0.05) is 11.6 Å². The fourth-order valence-electron chi connectivity index (χ4n) is 4.52. The molecule has 2 N–H and O–H groups in total. The Hall–Kier alpha value is -1.34. The summed E-state index contributed by atoms with van der Waals surface area (Å²) in [5, 5.41) is 6.90. The second-order valence-electron chi connectivity index (χ2n) is 7.83. The van der Waals surface area contributed by atoms with Crippen molar-refractivity contribution < 1.29 is 14.3 Å². The van der Waals surface area contributed by atoms with E-state index < -0.39 is 0 Å². The van der Waals surface area contributed by atoms with Crippen molar-refractivity contribution in [2.45, 2.75) is 44.2 Å². The third-order valence-corrected chi connectivity index (χ3v) is 6.14. The summed E-state index contributed by atoms with van der Waals surface area (Å²) in [5.74, 6) is 0.373. The molecule has 1 aromatic carbocycles. The van der Waals surface area contributed by atoms with Crippen LogP contribution in [0.5, 0.6) is 0 Å². The number of nitrogens with zero attached hydrogens (tertiary/aromatic N) is 1. The maximum Gasteiger partial charge on any atom is 0.255 e. The van der Waals surface area contributed by atoms with Crippen LogP contribution >= 0.6 is 24.0 Å². The van der Waals surface area contributed by atoms with Crippen molar-refractivity contribution in [1.29, 1.82) is 0 Å². The van der Waals surface area contributed by atoms with Gasteiger partial charge in [-0.05, 0) is 49.8 Å². The van der Waals surface area contributed by atoms with Gasteiger partial charge in [0.25, 0.3) is 5.91 Å². The van der Waals surface area contributed by atoms with E-state index in [-0.39, 0.29) is 24.2 Å². The van der Waals surface area contributed by atoms with E-state index >= 15 is 0 Å². The van der Waals surface area contributed by atoms with Gasteiger partial charge in [0, 0.05) is 37.3 Å². The van der Waals surface area contributed by atoms with Crippen LogP contribution in [0.4, 0.5) is 5.69 Å². The zero-order chi connectivity index (χ0) is 18.8. The number of nitrogens with one attached hydrogen (secondary N) is 2. The van der Waals surface area contributed by atoms with E-state index in [9.17, 15) is 9.59 Å². The van der Waals surface area contributed by atoms with E-state index in [0.717, 1.165) is 12.8 Å². The molecule has 0 aliphatic carbocycles. The minimum absolute atomic E-state index is 0. The molecular weight excluding hydrogens is 401 g/mol. The van der Waals surface area contributed by atoms with Crippen molar-refractivity contribution in [3.8, 4) is 0 Å². The predicted molar refractivity (Wildman–Crippen MR) is 111 cm³/mol. The molecular formula is C20H27Cl2N3O3. The molecule has 0 spiro atoms. The highest BCUT2D eigenvalue weighted by Gasteiger charge is 2.34. The Labute approximate surface area is 176 Å². The number of rotatable bonds is 4. The summed E-state index contributed by atoms with van der Waals surface area (Å²) in [6.45, 7) is 2.25. The first-order valence-electron chi connectivity index (χ1n) is 9.81. The predicted octanol–water partition coefficient (Wildman–Crippen LogP) is 3.09. The van der Waals surface area contributed by atoms with Gasteiger partial charge in [0.15, 0.2) is 0 Å². The third-order valence-electron chi connectivity index (χ3n) is 5.83. The van der Waals surface area contributed by atoms with Gasteiger partial charge in [-0.3, -0.25) is 9.59 Å². The highest BCUT2D eigenvalue weighted by atomic mass is 35.5. The van der Waals surface area contributed by atoms with E-state index in [1.54, 1.807) is 23.1 Å². The highest BCUT2D eigenvalue weighted by Crippen LogP contribution is 2.33. The minimum Gasteiger partial charge on any atom is -0.378 e. The molecule has 3 fully saturated rings. The maximum atomic E-state index is 12.6. The molecule has 1 aromatic rings. The van der Waals surface area contributed by atoms with Gasteiger partial charge >= 0.3 is 0 Å². The number of amides is 2. The number of carbonyl (C=O) groups is 2. The number of ether oxygens (including phenoxy) is 1. The van der Waals surface area contributed by atoms with Crippen molar-refractivity contribution in [3.63, 3.8) is 0 Å². The molecule has 28 heavy (non-hydrogen) atoms. The fourth-order valence-corrected chi connectivity index (χ4v) is 4.78. The summed E-state index contributed by atoms with van der Waals surface area (Å²) in [6.07, 6.45) is 5.17. The standard InChI is InChI=1S/C20H26ClN3O3.ClH/c21-18-12-16(3-4-17(18)20(26)24-5-7-27-8-6-24)23-19(25)11-13-9-14-1-2-15(10-13)22-14;/h3-4,12-15,22H,1-2,5-11H2,(H,23,25);1H. The van der Waals surface area contributed by atoms with Crippen LogP contribution in [0.2, 0.25) is 5.02 Å². The topological polar surface area (TPSA) is 70.7 Å². The van der Waals surface area contributed by atoms with Crippen molar-refractivity contribution in [3.05, 3.63) is 28.8 Å². The van der Waals surface area contributed by atoms with Crippen molar-refractivity contribution >= 4 is 41.5 Å². The number of halogens is 2. The van der Waals surface area contributed by atoms with E-state index in [1.165, 1.54) is 12.8 Å². The minimum atomic E-state index is -0.0913. The van der Waals surface area contributed by atoms with Crippen LogP contribution in [0, 0.1) is 5.92 Å². The number of morpholine rings is 1. The van der Waals surface area contributed by atoms with Gasteiger partial charge in [-0.25, -0.2) is 0 Å². The van der Waals surface area contributed by atoms with Gasteiger partial charge in [0.1, 0.15) is 0 Å². The highest BCUT2D eigenvalue weighted by molar-refractivity contribution is 6.34. The Kier molecular flexibility index (Phi) is 7.20. The third kappa shape index (κ3) is 4.98. The van der Waals surface area contributed by atoms with Crippen LogP contribution < -0.4 is 10.6 Å². The maximum absolute atomic E-state index is 12.6. The number of carbonyl (C=O) groups excluding carboxylic acids is 2. The Morgan fingerprint density at radius 1 is 1.18 bits per heavy atom. The first-order chi connectivity index (χ1) is 13.1. The van der Waals surface area contributed by atoms with Crippen LogP contribution in [0.1, 0.15) is 42.5 Å². The Balaban J connectivity index is 0.00000225. The van der Waals surface area contributed by atoms with Crippen molar-refractivity contribution in [2.24, 2.45) is 5.92 Å². The molecule has 0 aromatic heterocycles. The summed E-state index contributed by atoms with van der Waals surface area (Å²) in [7, 11) is 0. The molecule has 4 rings (SSSR count). The first kappa shape index (κ1) is 21.4. The molecule has 3 heterocycles. The molecule has 2 bridgehead atoms. The van der Waals surface area contributed by atoms with Gasteiger partial charge in [0.05, 0.1) is 23.8 Å². The molecule has 3 aliphatic heterocycles. The number of anilines is 1. The SMILES string of the molecule is Cl.O=C(CC1CC2CCC(C1)N2)Nc1ccc(C(=O)N2CCOCC2)c(Cl)c1. The lowest BCUT2D eigenvalue weighted by Crippen LogP contribution is -2.40. The average Bonchev–Trinajstić information content (AvgIpc) is 3.00. The van der Waals surface area contributed by atoms with Crippen LogP contribution in [0.3, 0.4) is 0 Å². The molecule has 3 saturated heterocycles. The number of hydrogen-bond acceptors (Lipinski definition) is 4. The Morgan fingerprint density at radius 2 is 1.86 bits per heavy atom. The number of fused-ring (bicyclic) bond motifs is 2. The summed E-state index contributed by atoms with van der Waals surface area (Å²) >= 11 is 6.33. The van der Waals surface area contributed by atoms with E-state index in [4.69, 9.17) is 16.3 Å². The van der Waals surface area contributed by atoms with Crippen LogP contribution in [0.25, 0.3) is 0 Å². The summed E-state index contributed by atoms with van der Waals surface area (Å²) in [4.78, 5) is 26.7. The van der Waals surface area contributed by atoms with Crippen LogP contribution in [-0.2, 0) is 9.53 Å². The molecule has 2 atom stereocenters. The molecule has 0 saturated carbocycles. The van der Waals surface area contributed by atoms with Gasteiger partial charge in [-0.2, -0.15) is 0 Å². The zero-order valence-electron chi connectivity index (χ0n) is 15.8. The smallest absolute Gasteiger partial charge is 0.255 e. The lowest BCUT2D eigenvalue weighted by atomic mass is 9.89. The molecule has 0 radical (unpaired) electrons. The molecule has 2 unspecified atom stereocenters. The summed E-state index contributed by atoms with van der Waals surface area (Å²) in [5.41, 5.74) is 1.10. The van der Waals surface area contributed by atoms with E-state index in [2.05, 4.69) is 10.6 Å². The Morgan fingerprint density at radius 3 is 2.50 bits per heavy atom. The van der Waals surface area contributed by atoms with Gasteiger partial charge in [0.2, 0.25) is 5.91 Å². The van der Waals surface area contributed by atoms with Gasteiger partial charge < -0.3 is 20.3 Å². The second kappa shape index (κ2) is 9.44. The molecule has 3 aliphatic rings.